The number of aryl methyl sites for hydroxylation is 2. The number of carbonyl (C=O) groups excluding carboxylic acids is 1. The molecule has 0 bridgehead atoms. The zero-order valence-electron chi connectivity index (χ0n) is 11.8. The fourth-order valence-electron chi connectivity index (χ4n) is 2.72. The molecule has 2 aromatic rings. The van der Waals surface area contributed by atoms with Gasteiger partial charge in [0.05, 0.1) is 24.0 Å². The average molecular weight is 273 g/mol. The van der Waals surface area contributed by atoms with Crippen LogP contribution >= 0.6 is 0 Å². The first-order chi connectivity index (χ1) is 9.65. The van der Waals surface area contributed by atoms with Crippen LogP contribution in [0.2, 0.25) is 0 Å². The van der Waals surface area contributed by atoms with Crippen molar-refractivity contribution in [3.05, 3.63) is 35.4 Å². The highest BCUT2D eigenvalue weighted by Gasteiger charge is 2.27. The highest BCUT2D eigenvalue weighted by Crippen LogP contribution is 2.23. The highest BCUT2D eigenvalue weighted by atomic mass is 16.2. The summed E-state index contributed by atoms with van der Waals surface area (Å²) in [6.45, 7) is 5.42. The molecule has 0 spiro atoms. The minimum Gasteiger partial charge on any atom is -0.336 e. The monoisotopic (exact) mass is 273 g/mol. The van der Waals surface area contributed by atoms with Gasteiger partial charge < -0.3 is 4.90 Å². The fourth-order valence-corrected chi connectivity index (χ4v) is 2.72. The van der Waals surface area contributed by atoms with Gasteiger partial charge in [0.1, 0.15) is 0 Å². The molecule has 0 saturated carbocycles. The van der Waals surface area contributed by atoms with Gasteiger partial charge in [-0.25, -0.2) is 0 Å². The summed E-state index contributed by atoms with van der Waals surface area (Å²) in [4.78, 5) is 14.4. The Morgan fingerprint density at radius 3 is 2.90 bits per heavy atom. The summed E-state index contributed by atoms with van der Waals surface area (Å²) < 4.78 is 1.98. The molecule has 1 aliphatic rings. The fraction of sp³-hybridized carbons (Fsp3) is 0.500. The van der Waals surface area contributed by atoms with Gasteiger partial charge >= 0.3 is 0 Å². The first-order valence-electron chi connectivity index (χ1n) is 6.95. The first-order valence-corrected chi connectivity index (χ1v) is 6.95. The van der Waals surface area contributed by atoms with Crippen LogP contribution in [0.25, 0.3) is 0 Å². The normalized spacial score (nSPS) is 19.3. The van der Waals surface area contributed by atoms with E-state index < -0.39 is 0 Å². The van der Waals surface area contributed by atoms with Crippen LogP contribution < -0.4 is 0 Å². The van der Waals surface area contributed by atoms with Crippen LogP contribution in [0.15, 0.2) is 18.6 Å². The second-order valence-electron chi connectivity index (χ2n) is 5.45. The molecular weight excluding hydrogens is 254 g/mol. The number of nitrogens with zero attached hydrogens (tertiary/aromatic N) is 4. The van der Waals surface area contributed by atoms with E-state index in [0.717, 1.165) is 30.6 Å². The third kappa shape index (κ3) is 2.33. The quantitative estimate of drug-likeness (QED) is 0.905. The number of aromatic nitrogens is 4. The summed E-state index contributed by atoms with van der Waals surface area (Å²) in [5.41, 5.74) is 2.65. The summed E-state index contributed by atoms with van der Waals surface area (Å²) in [5, 5.41) is 11.1. The van der Waals surface area contributed by atoms with E-state index in [1.807, 2.05) is 35.8 Å². The number of hydrogen-bond donors (Lipinski definition) is 1. The SMILES string of the molecule is Cc1cnn(C2CCCN(C(=O)c3cn[nH]c3C)C2)c1. The molecule has 1 amide bonds. The van der Waals surface area contributed by atoms with Crippen molar-refractivity contribution in [1.82, 2.24) is 24.9 Å². The molecule has 2 aromatic heterocycles. The molecule has 0 aliphatic carbocycles. The second-order valence-corrected chi connectivity index (χ2v) is 5.45. The number of amides is 1. The molecule has 6 nitrogen and oxygen atoms in total. The Hall–Kier alpha value is -2.11. The molecule has 1 atom stereocenters. The van der Waals surface area contributed by atoms with Gasteiger partial charge in [-0.3, -0.25) is 14.6 Å². The van der Waals surface area contributed by atoms with E-state index in [1.165, 1.54) is 0 Å². The van der Waals surface area contributed by atoms with E-state index in [2.05, 4.69) is 15.3 Å². The summed E-state index contributed by atoms with van der Waals surface area (Å²) in [7, 11) is 0. The van der Waals surface area contributed by atoms with Crippen LogP contribution in [-0.2, 0) is 0 Å². The van der Waals surface area contributed by atoms with Crippen LogP contribution in [0, 0.1) is 13.8 Å². The van der Waals surface area contributed by atoms with Crippen LogP contribution in [0.1, 0.15) is 40.5 Å². The maximum Gasteiger partial charge on any atom is 0.257 e. The van der Waals surface area contributed by atoms with Gasteiger partial charge in [0, 0.05) is 25.0 Å². The predicted molar refractivity (Wildman–Crippen MR) is 74.5 cm³/mol. The zero-order valence-corrected chi connectivity index (χ0v) is 11.8. The van der Waals surface area contributed by atoms with Crippen molar-refractivity contribution < 1.29 is 4.79 Å². The maximum absolute atomic E-state index is 12.5. The van der Waals surface area contributed by atoms with Crippen molar-refractivity contribution in [2.24, 2.45) is 0 Å². The van der Waals surface area contributed by atoms with Crippen LogP contribution in [0.3, 0.4) is 0 Å². The van der Waals surface area contributed by atoms with Gasteiger partial charge in [0.2, 0.25) is 0 Å². The lowest BCUT2D eigenvalue weighted by atomic mass is 10.0. The van der Waals surface area contributed by atoms with Crippen LogP contribution in [0.5, 0.6) is 0 Å². The van der Waals surface area contributed by atoms with E-state index in [9.17, 15) is 4.79 Å². The molecule has 106 valence electrons. The number of H-pyrrole nitrogens is 1. The Morgan fingerprint density at radius 2 is 2.25 bits per heavy atom. The van der Waals surface area contributed by atoms with Crippen molar-refractivity contribution >= 4 is 5.91 Å². The second kappa shape index (κ2) is 5.11. The van der Waals surface area contributed by atoms with Gasteiger partial charge in [-0.05, 0) is 32.3 Å². The van der Waals surface area contributed by atoms with Gasteiger partial charge in [0.15, 0.2) is 0 Å². The number of piperidine rings is 1. The summed E-state index contributed by atoms with van der Waals surface area (Å²) in [5.74, 6) is 0.0600. The Balaban J connectivity index is 1.75. The van der Waals surface area contributed by atoms with Crippen LogP contribution in [0.4, 0.5) is 0 Å². The van der Waals surface area contributed by atoms with Gasteiger partial charge in [-0.2, -0.15) is 10.2 Å². The largest absolute Gasteiger partial charge is 0.336 e. The van der Waals surface area contributed by atoms with E-state index in [1.54, 1.807) is 6.20 Å². The molecule has 1 fully saturated rings. The Labute approximate surface area is 117 Å². The molecule has 1 aliphatic heterocycles. The molecule has 6 heteroatoms. The molecule has 3 heterocycles. The van der Waals surface area contributed by atoms with E-state index >= 15 is 0 Å². The topological polar surface area (TPSA) is 66.8 Å². The lowest BCUT2D eigenvalue weighted by molar-refractivity contribution is 0.0672. The standard InChI is InChI=1S/C14H19N5O/c1-10-6-16-19(8-10)12-4-3-5-18(9-12)14(20)13-7-15-17-11(13)2/h6-8,12H,3-5,9H2,1-2H3,(H,15,17). The van der Waals surface area contributed by atoms with Crippen molar-refractivity contribution in [3.8, 4) is 0 Å². The molecule has 20 heavy (non-hydrogen) atoms. The van der Waals surface area contributed by atoms with Gasteiger partial charge in [-0.1, -0.05) is 0 Å². The molecule has 0 radical (unpaired) electrons. The van der Waals surface area contributed by atoms with Gasteiger partial charge in [-0.15, -0.1) is 0 Å². The predicted octanol–water partition coefficient (Wildman–Crippen LogP) is 1.70. The molecule has 1 N–H and O–H groups in total. The minimum atomic E-state index is 0.0600. The third-order valence-corrected chi connectivity index (χ3v) is 3.85. The highest BCUT2D eigenvalue weighted by molar-refractivity contribution is 5.95. The maximum atomic E-state index is 12.5. The first kappa shape index (κ1) is 12.9. The van der Waals surface area contributed by atoms with Crippen molar-refractivity contribution in [2.45, 2.75) is 32.7 Å². The summed E-state index contributed by atoms with van der Waals surface area (Å²) >= 11 is 0. The average Bonchev–Trinajstić information content (AvgIpc) is 3.07. The van der Waals surface area contributed by atoms with Crippen molar-refractivity contribution in [2.75, 3.05) is 13.1 Å². The zero-order chi connectivity index (χ0) is 14.1. The van der Waals surface area contributed by atoms with Crippen LogP contribution in [-0.4, -0.2) is 43.9 Å². The van der Waals surface area contributed by atoms with Gasteiger partial charge in [0.25, 0.3) is 5.91 Å². The molecule has 1 unspecified atom stereocenters. The van der Waals surface area contributed by atoms with Crippen molar-refractivity contribution in [1.29, 1.82) is 0 Å². The minimum absolute atomic E-state index is 0.0600. The van der Waals surface area contributed by atoms with E-state index in [4.69, 9.17) is 0 Å². The number of aromatic amines is 1. The Kier molecular flexibility index (Phi) is 3.30. The summed E-state index contributed by atoms with van der Waals surface area (Å²) in [6.07, 6.45) is 7.59. The third-order valence-electron chi connectivity index (χ3n) is 3.85. The van der Waals surface area contributed by atoms with E-state index in [0.29, 0.717) is 12.1 Å². The number of rotatable bonds is 2. The van der Waals surface area contributed by atoms with Crippen molar-refractivity contribution in [3.63, 3.8) is 0 Å². The number of likely N-dealkylation sites (tertiary alicyclic amines) is 1. The lowest BCUT2D eigenvalue weighted by Gasteiger charge is -2.32. The molecule has 1 saturated heterocycles. The van der Waals surface area contributed by atoms with E-state index in [-0.39, 0.29) is 11.9 Å². The lowest BCUT2D eigenvalue weighted by Crippen LogP contribution is -2.41. The molecule has 0 aromatic carbocycles. The number of hydrogen-bond acceptors (Lipinski definition) is 3. The molecular formula is C14H19N5O. The summed E-state index contributed by atoms with van der Waals surface area (Å²) in [6, 6.07) is 0.272. The number of nitrogens with one attached hydrogen (secondary N) is 1. The number of carbonyl (C=O) groups is 1. The smallest absolute Gasteiger partial charge is 0.257 e. The Bertz CT molecular complexity index is 615. The molecule has 3 rings (SSSR count). The Morgan fingerprint density at radius 1 is 1.40 bits per heavy atom.